The molecule has 24 heavy (non-hydrogen) atoms. The van der Waals surface area contributed by atoms with Gasteiger partial charge < -0.3 is 10.2 Å². The zero-order chi connectivity index (χ0) is 16.9. The van der Waals surface area contributed by atoms with Crippen LogP contribution < -0.4 is 10.2 Å². The molecule has 1 aromatic heterocycles. The second-order valence-electron chi connectivity index (χ2n) is 5.71. The number of aromatic nitrogens is 3. The molecule has 0 radical (unpaired) electrons. The molecular formula is C16H18ClN5O2. The lowest BCUT2D eigenvalue weighted by molar-refractivity contribution is -0.121. The van der Waals surface area contributed by atoms with Gasteiger partial charge in [-0.2, -0.15) is 5.10 Å². The van der Waals surface area contributed by atoms with E-state index in [1.54, 1.807) is 34.1 Å². The van der Waals surface area contributed by atoms with Crippen LogP contribution in [0.15, 0.2) is 36.9 Å². The van der Waals surface area contributed by atoms with Gasteiger partial charge in [0, 0.05) is 36.6 Å². The zero-order valence-corrected chi connectivity index (χ0v) is 13.8. The summed E-state index contributed by atoms with van der Waals surface area (Å²) < 4.78 is 1.69. The van der Waals surface area contributed by atoms with Crippen LogP contribution in [0.3, 0.4) is 0 Å². The number of benzene rings is 1. The van der Waals surface area contributed by atoms with Crippen molar-refractivity contribution in [2.45, 2.75) is 31.8 Å². The average molecular weight is 348 g/mol. The number of carbonyl (C=O) groups is 2. The maximum absolute atomic E-state index is 12.2. The number of hydrogen-bond acceptors (Lipinski definition) is 4. The molecule has 2 amide bonds. The molecule has 7 nitrogen and oxygen atoms in total. The SMILES string of the molecule is O=C(CCCn1cncn1)N[C@H]1CC(=O)N(c2cccc(Cl)c2)C1. The fourth-order valence-electron chi connectivity index (χ4n) is 2.75. The number of hydrogen-bond donors (Lipinski definition) is 1. The first-order valence-corrected chi connectivity index (χ1v) is 8.17. The number of rotatable bonds is 6. The van der Waals surface area contributed by atoms with E-state index in [1.807, 2.05) is 6.07 Å². The number of carbonyl (C=O) groups excluding carboxylic acids is 2. The topological polar surface area (TPSA) is 80.1 Å². The van der Waals surface area contributed by atoms with Crippen LogP contribution in [0, 0.1) is 0 Å². The summed E-state index contributed by atoms with van der Waals surface area (Å²) in [6, 6.07) is 6.99. The molecule has 0 saturated carbocycles. The Morgan fingerprint density at radius 1 is 1.42 bits per heavy atom. The summed E-state index contributed by atoms with van der Waals surface area (Å²) in [5, 5.41) is 7.50. The molecule has 8 heteroatoms. The standard InChI is InChI=1S/C16H18ClN5O2/c17-12-3-1-4-14(7-12)22-9-13(8-16(22)24)20-15(23)5-2-6-21-11-18-10-19-21/h1,3-4,7,10-11,13H,2,5-6,8-9H2,(H,20,23)/t13-/m0/s1. The van der Waals surface area contributed by atoms with Crippen molar-refractivity contribution in [1.29, 1.82) is 0 Å². The van der Waals surface area contributed by atoms with Crippen molar-refractivity contribution in [2.24, 2.45) is 0 Å². The first kappa shape index (κ1) is 16.4. The van der Waals surface area contributed by atoms with Gasteiger partial charge in [0.05, 0.1) is 6.04 Å². The van der Waals surface area contributed by atoms with Gasteiger partial charge in [0.2, 0.25) is 11.8 Å². The predicted molar refractivity (Wildman–Crippen MR) is 89.6 cm³/mol. The highest BCUT2D eigenvalue weighted by Gasteiger charge is 2.31. The van der Waals surface area contributed by atoms with E-state index < -0.39 is 0 Å². The van der Waals surface area contributed by atoms with Gasteiger partial charge in [-0.1, -0.05) is 17.7 Å². The van der Waals surface area contributed by atoms with Crippen molar-refractivity contribution in [3.8, 4) is 0 Å². The largest absolute Gasteiger partial charge is 0.351 e. The Morgan fingerprint density at radius 2 is 2.29 bits per heavy atom. The summed E-state index contributed by atoms with van der Waals surface area (Å²) in [4.78, 5) is 29.7. The Bertz CT molecular complexity index is 719. The van der Waals surface area contributed by atoms with Crippen molar-refractivity contribution in [2.75, 3.05) is 11.4 Å². The van der Waals surface area contributed by atoms with Gasteiger partial charge in [-0.25, -0.2) is 4.98 Å². The molecule has 1 atom stereocenters. The molecule has 0 bridgehead atoms. The van der Waals surface area contributed by atoms with Crippen molar-refractivity contribution in [1.82, 2.24) is 20.1 Å². The summed E-state index contributed by atoms with van der Waals surface area (Å²) >= 11 is 5.97. The molecule has 1 saturated heterocycles. The Hall–Kier alpha value is -2.41. The quantitative estimate of drug-likeness (QED) is 0.861. The first-order chi connectivity index (χ1) is 11.6. The second-order valence-corrected chi connectivity index (χ2v) is 6.15. The van der Waals surface area contributed by atoms with E-state index in [9.17, 15) is 9.59 Å². The van der Waals surface area contributed by atoms with E-state index >= 15 is 0 Å². The van der Waals surface area contributed by atoms with E-state index in [0.717, 1.165) is 5.69 Å². The Morgan fingerprint density at radius 3 is 3.04 bits per heavy atom. The second kappa shape index (κ2) is 7.44. The number of anilines is 1. The molecule has 0 aliphatic carbocycles. The Kier molecular flexibility index (Phi) is 5.10. The van der Waals surface area contributed by atoms with Crippen LogP contribution in [0.4, 0.5) is 5.69 Å². The van der Waals surface area contributed by atoms with E-state index in [-0.39, 0.29) is 17.9 Å². The van der Waals surface area contributed by atoms with E-state index in [0.29, 0.717) is 37.4 Å². The molecule has 1 aromatic carbocycles. The van der Waals surface area contributed by atoms with E-state index in [1.165, 1.54) is 6.33 Å². The maximum Gasteiger partial charge on any atom is 0.229 e. The number of nitrogens with one attached hydrogen (secondary N) is 1. The first-order valence-electron chi connectivity index (χ1n) is 7.79. The zero-order valence-electron chi connectivity index (χ0n) is 13.1. The van der Waals surface area contributed by atoms with Crippen LogP contribution in [0.2, 0.25) is 5.02 Å². The number of halogens is 1. The highest BCUT2D eigenvalue weighted by atomic mass is 35.5. The van der Waals surface area contributed by atoms with E-state index in [4.69, 9.17) is 11.6 Å². The van der Waals surface area contributed by atoms with Gasteiger partial charge in [0.15, 0.2) is 0 Å². The third-order valence-electron chi connectivity index (χ3n) is 3.87. The van der Waals surface area contributed by atoms with Gasteiger partial charge in [-0.05, 0) is 24.6 Å². The number of amides is 2. The molecule has 0 spiro atoms. The van der Waals surface area contributed by atoms with Gasteiger partial charge >= 0.3 is 0 Å². The minimum Gasteiger partial charge on any atom is -0.351 e. The molecule has 1 aliphatic heterocycles. The highest BCUT2D eigenvalue weighted by Crippen LogP contribution is 2.24. The lowest BCUT2D eigenvalue weighted by atomic mass is 10.2. The molecular weight excluding hydrogens is 330 g/mol. The molecule has 0 unspecified atom stereocenters. The fraction of sp³-hybridized carbons (Fsp3) is 0.375. The van der Waals surface area contributed by atoms with Crippen molar-refractivity contribution < 1.29 is 9.59 Å². The van der Waals surface area contributed by atoms with Crippen LogP contribution >= 0.6 is 11.6 Å². The summed E-state index contributed by atoms with van der Waals surface area (Å²) in [6.07, 6.45) is 4.46. The monoisotopic (exact) mass is 347 g/mol. The van der Waals surface area contributed by atoms with Crippen LogP contribution in [0.1, 0.15) is 19.3 Å². The maximum atomic E-state index is 12.2. The minimum absolute atomic E-state index is 0.00909. The molecule has 3 rings (SSSR count). The van der Waals surface area contributed by atoms with Crippen molar-refractivity contribution in [3.05, 3.63) is 41.9 Å². The smallest absolute Gasteiger partial charge is 0.229 e. The third-order valence-corrected chi connectivity index (χ3v) is 4.10. The third kappa shape index (κ3) is 4.11. The average Bonchev–Trinajstić information content (AvgIpc) is 3.17. The van der Waals surface area contributed by atoms with Gasteiger partial charge in [0.1, 0.15) is 12.7 Å². The molecule has 2 aromatic rings. The van der Waals surface area contributed by atoms with Gasteiger partial charge in [-0.15, -0.1) is 0 Å². The van der Waals surface area contributed by atoms with Gasteiger partial charge in [0.25, 0.3) is 0 Å². The molecule has 2 heterocycles. The van der Waals surface area contributed by atoms with Crippen molar-refractivity contribution in [3.63, 3.8) is 0 Å². The Balaban J connectivity index is 1.48. The van der Waals surface area contributed by atoms with Crippen LogP contribution in [-0.2, 0) is 16.1 Å². The lowest BCUT2D eigenvalue weighted by Gasteiger charge is -2.17. The van der Waals surface area contributed by atoms with Crippen LogP contribution in [-0.4, -0.2) is 39.2 Å². The predicted octanol–water partition coefficient (Wildman–Crippen LogP) is 1.63. The normalized spacial score (nSPS) is 17.3. The highest BCUT2D eigenvalue weighted by molar-refractivity contribution is 6.30. The summed E-state index contributed by atoms with van der Waals surface area (Å²) in [5.41, 5.74) is 0.760. The van der Waals surface area contributed by atoms with E-state index in [2.05, 4.69) is 15.4 Å². The summed E-state index contributed by atoms with van der Waals surface area (Å²) in [7, 11) is 0. The number of nitrogens with zero attached hydrogens (tertiary/aromatic N) is 4. The molecule has 1 aliphatic rings. The fourth-order valence-corrected chi connectivity index (χ4v) is 2.93. The summed E-state index contributed by atoms with van der Waals surface area (Å²) in [5.74, 6) is -0.0639. The molecule has 1 fully saturated rings. The Labute approximate surface area is 144 Å². The van der Waals surface area contributed by atoms with Crippen LogP contribution in [0.25, 0.3) is 0 Å². The van der Waals surface area contributed by atoms with Gasteiger partial charge in [-0.3, -0.25) is 14.3 Å². The lowest BCUT2D eigenvalue weighted by Crippen LogP contribution is -2.37. The van der Waals surface area contributed by atoms with Crippen LogP contribution in [0.5, 0.6) is 0 Å². The number of aryl methyl sites for hydroxylation is 1. The molecule has 1 N–H and O–H groups in total. The minimum atomic E-state index is -0.171. The summed E-state index contributed by atoms with van der Waals surface area (Å²) in [6.45, 7) is 1.11. The molecule has 126 valence electrons. The van der Waals surface area contributed by atoms with Crippen molar-refractivity contribution >= 4 is 29.1 Å².